The summed E-state index contributed by atoms with van der Waals surface area (Å²) in [5.41, 5.74) is 0. The van der Waals surface area contributed by atoms with Crippen LogP contribution in [0, 0.1) is 0 Å². The van der Waals surface area contributed by atoms with Crippen LogP contribution in [-0.2, 0) is 11.3 Å². The van der Waals surface area contributed by atoms with Crippen molar-refractivity contribution in [3.8, 4) is 0 Å². The maximum atomic E-state index is 11.4. The highest BCUT2D eigenvalue weighted by Gasteiger charge is 2.18. The van der Waals surface area contributed by atoms with Gasteiger partial charge in [-0.3, -0.25) is 5.10 Å². The molecule has 1 aromatic rings. The zero-order valence-corrected chi connectivity index (χ0v) is 9.43. The summed E-state index contributed by atoms with van der Waals surface area (Å²) in [6.45, 7) is 2.02. The highest BCUT2D eigenvalue weighted by molar-refractivity contribution is 5.82. The Morgan fingerprint density at radius 2 is 2.35 bits per heavy atom. The fourth-order valence-corrected chi connectivity index (χ4v) is 1.24. The van der Waals surface area contributed by atoms with Crippen molar-refractivity contribution in [2.75, 3.05) is 0 Å². The molecule has 0 aliphatic rings. The van der Waals surface area contributed by atoms with E-state index in [-0.39, 0.29) is 6.54 Å². The molecule has 0 radical (unpaired) electrons. The maximum absolute atomic E-state index is 11.4. The molecule has 1 heterocycles. The van der Waals surface area contributed by atoms with Crippen LogP contribution in [0.15, 0.2) is 6.33 Å². The lowest BCUT2D eigenvalue weighted by atomic mass is 10.2. The zero-order valence-electron chi connectivity index (χ0n) is 9.43. The quantitative estimate of drug-likeness (QED) is 0.552. The Hall–Kier alpha value is -2.12. The fourth-order valence-electron chi connectivity index (χ4n) is 1.24. The molecule has 0 bridgehead atoms. The average Bonchev–Trinajstić information content (AvgIpc) is 2.78. The van der Waals surface area contributed by atoms with Gasteiger partial charge >= 0.3 is 12.0 Å². The van der Waals surface area contributed by atoms with Crippen molar-refractivity contribution in [1.82, 2.24) is 25.8 Å². The highest BCUT2D eigenvalue weighted by Crippen LogP contribution is 1.96. The Morgan fingerprint density at radius 3 is 2.88 bits per heavy atom. The number of urea groups is 1. The normalized spacial score (nSPS) is 11.8. The van der Waals surface area contributed by atoms with Gasteiger partial charge in [-0.2, -0.15) is 5.10 Å². The summed E-state index contributed by atoms with van der Waals surface area (Å²) in [6, 6.07) is -1.41. The van der Waals surface area contributed by atoms with E-state index in [1.54, 1.807) is 0 Å². The van der Waals surface area contributed by atoms with Crippen molar-refractivity contribution in [1.29, 1.82) is 0 Å². The minimum atomic E-state index is -1.04. The summed E-state index contributed by atoms with van der Waals surface area (Å²) in [5.74, 6) is -0.538. The maximum Gasteiger partial charge on any atom is 0.326 e. The Kier molecular flexibility index (Phi) is 4.92. The third-order valence-corrected chi connectivity index (χ3v) is 2.06. The third kappa shape index (κ3) is 4.49. The first-order valence-electron chi connectivity index (χ1n) is 5.25. The first kappa shape index (κ1) is 12.9. The van der Waals surface area contributed by atoms with E-state index in [1.807, 2.05) is 6.92 Å². The predicted octanol–water partition coefficient (Wildman–Crippen LogP) is -0.143. The lowest BCUT2D eigenvalue weighted by Gasteiger charge is -2.13. The molecule has 0 aromatic carbocycles. The molecule has 1 atom stereocenters. The van der Waals surface area contributed by atoms with Crippen LogP contribution < -0.4 is 10.6 Å². The standard InChI is InChI=1S/C9H15N5O3/c1-2-3-6(8(15)16)13-9(17)10-4-7-11-5-12-14-7/h5-6H,2-4H2,1H3,(H,15,16)(H2,10,13,17)(H,11,12,14). The van der Waals surface area contributed by atoms with E-state index in [9.17, 15) is 9.59 Å². The number of aromatic amines is 1. The van der Waals surface area contributed by atoms with Crippen molar-refractivity contribution in [3.05, 3.63) is 12.2 Å². The molecule has 0 aliphatic heterocycles. The van der Waals surface area contributed by atoms with Crippen LogP contribution in [0.2, 0.25) is 0 Å². The molecule has 2 amide bonds. The molecule has 0 spiro atoms. The van der Waals surface area contributed by atoms with Crippen LogP contribution in [0.25, 0.3) is 0 Å². The van der Waals surface area contributed by atoms with Crippen LogP contribution >= 0.6 is 0 Å². The monoisotopic (exact) mass is 241 g/mol. The van der Waals surface area contributed by atoms with Crippen molar-refractivity contribution < 1.29 is 14.7 Å². The topological polar surface area (TPSA) is 120 Å². The summed E-state index contributed by atoms with van der Waals surface area (Å²) in [4.78, 5) is 26.0. The van der Waals surface area contributed by atoms with Gasteiger partial charge in [0.15, 0.2) is 0 Å². The Bertz CT molecular complexity index is 365. The number of hydrogen-bond donors (Lipinski definition) is 4. The molecular formula is C9H15N5O3. The van der Waals surface area contributed by atoms with Crippen molar-refractivity contribution in [3.63, 3.8) is 0 Å². The van der Waals surface area contributed by atoms with Gasteiger partial charge in [-0.05, 0) is 6.42 Å². The summed E-state index contributed by atoms with van der Waals surface area (Å²) >= 11 is 0. The van der Waals surface area contributed by atoms with Crippen LogP contribution in [-0.4, -0.2) is 38.3 Å². The van der Waals surface area contributed by atoms with E-state index in [0.29, 0.717) is 18.7 Å². The molecule has 0 fully saturated rings. The smallest absolute Gasteiger partial charge is 0.326 e. The largest absolute Gasteiger partial charge is 0.480 e. The number of nitrogens with one attached hydrogen (secondary N) is 3. The first-order chi connectivity index (χ1) is 8.13. The third-order valence-electron chi connectivity index (χ3n) is 2.06. The SMILES string of the molecule is CCCC(NC(=O)NCc1ncn[nH]1)C(=O)O. The second-order valence-electron chi connectivity index (χ2n) is 3.44. The van der Waals surface area contributed by atoms with Crippen LogP contribution in [0.1, 0.15) is 25.6 Å². The lowest BCUT2D eigenvalue weighted by molar-refractivity contribution is -0.139. The van der Waals surface area contributed by atoms with Crippen LogP contribution in [0.5, 0.6) is 0 Å². The second kappa shape index (κ2) is 6.46. The number of aromatic nitrogens is 3. The van der Waals surface area contributed by atoms with E-state index >= 15 is 0 Å². The lowest BCUT2D eigenvalue weighted by Crippen LogP contribution is -2.45. The Labute approximate surface area is 97.8 Å². The molecule has 1 unspecified atom stereocenters. The van der Waals surface area contributed by atoms with Gasteiger partial charge in [0.1, 0.15) is 18.2 Å². The number of amides is 2. The highest BCUT2D eigenvalue weighted by atomic mass is 16.4. The van der Waals surface area contributed by atoms with Gasteiger partial charge < -0.3 is 15.7 Å². The number of aliphatic carboxylic acids is 1. The molecular weight excluding hydrogens is 226 g/mol. The molecule has 8 nitrogen and oxygen atoms in total. The number of carboxylic acid groups (broad SMARTS) is 1. The molecule has 0 aliphatic carbocycles. The number of carboxylic acids is 1. The summed E-state index contributed by atoms with van der Waals surface area (Å²) in [5, 5.41) is 19.9. The van der Waals surface area contributed by atoms with Crippen molar-refractivity contribution >= 4 is 12.0 Å². The molecule has 1 rings (SSSR count). The van der Waals surface area contributed by atoms with Crippen molar-refractivity contribution in [2.45, 2.75) is 32.4 Å². The van der Waals surface area contributed by atoms with Gasteiger partial charge in [-0.15, -0.1) is 0 Å². The van der Waals surface area contributed by atoms with E-state index in [0.717, 1.165) is 0 Å². The molecule has 1 aromatic heterocycles. The summed E-state index contributed by atoms with van der Waals surface area (Å²) in [7, 11) is 0. The molecule has 94 valence electrons. The molecule has 0 saturated carbocycles. The number of hydrogen-bond acceptors (Lipinski definition) is 4. The number of H-pyrrole nitrogens is 1. The summed E-state index contributed by atoms with van der Waals surface area (Å²) in [6.07, 6.45) is 2.40. The van der Waals surface area contributed by atoms with Crippen LogP contribution in [0.3, 0.4) is 0 Å². The van der Waals surface area contributed by atoms with Gasteiger partial charge in [0.25, 0.3) is 0 Å². The van der Waals surface area contributed by atoms with Gasteiger partial charge in [0.2, 0.25) is 0 Å². The van der Waals surface area contributed by atoms with E-state index in [4.69, 9.17) is 5.11 Å². The minimum Gasteiger partial charge on any atom is -0.480 e. The Morgan fingerprint density at radius 1 is 1.59 bits per heavy atom. The van der Waals surface area contributed by atoms with Gasteiger partial charge in [0, 0.05) is 0 Å². The number of rotatable bonds is 6. The molecule has 4 N–H and O–H groups in total. The molecule has 17 heavy (non-hydrogen) atoms. The van der Waals surface area contributed by atoms with Crippen molar-refractivity contribution in [2.24, 2.45) is 0 Å². The van der Waals surface area contributed by atoms with Gasteiger partial charge in [-0.1, -0.05) is 13.3 Å². The molecule has 0 saturated heterocycles. The number of carbonyl (C=O) groups is 2. The predicted molar refractivity (Wildman–Crippen MR) is 58.1 cm³/mol. The number of nitrogens with zero attached hydrogens (tertiary/aromatic N) is 2. The molecule has 8 heteroatoms. The van der Waals surface area contributed by atoms with E-state index < -0.39 is 18.0 Å². The van der Waals surface area contributed by atoms with E-state index in [1.165, 1.54) is 6.33 Å². The van der Waals surface area contributed by atoms with E-state index in [2.05, 4.69) is 25.8 Å². The van der Waals surface area contributed by atoms with Crippen LogP contribution in [0.4, 0.5) is 4.79 Å². The Balaban J connectivity index is 2.34. The van der Waals surface area contributed by atoms with Gasteiger partial charge in [0.05, 0.1) is 6.54 Å². The fraction of sp³-hybridized carbons (Fsp3) is 0.556. The zero-order chi connectivity index (χ0) is 12.7. The average molecular weight is 241 g/mol. The summed E-state index contributed by atoms with van der Waals surface area (Å²) < 4.78 is 0. The second-order valence-corrected chi connectivity index (χ2v) is 3.44. The number of carbonyl (C=O) groups excluding carboxylic acids is 1. The first-order valence-corrected chi connectivity index (χ1v) is 5.25. The van der Waals surface area contributed by atoms with Gasteiger partial charge in [-0.25, -0.2) is 14.6 Å². The minimum absolute atomic E-state index is 0.171.